The maximum atomic E-state index is 9.58. The number of aliphatic hydroxyl groups is 1. The Kier molecular flexibility index (Phi) is 4.14. The molecule has 1 aromatic rings. The first-order valence-corrected chi connectivity index (χ1v) is 7.65. The summed E-state index contributed by atoms with van der Waals surface area (Å²) in [5.74, 6) is 0.842. The second kappa shape index (κ2) is 6.02. The van der Waals surface area contributed by atoms with E-state index in [1.807, 2.05) is 12.3 Å². The van der Waals surface area contributed by atoms with Gasteiger partial charge < -0.3 is 10.4 Å². The summed E-state index contributed by atoms with van der Waals surface area (Å²) in [4.78, 5) is 4.45. The predicted molar refractivity (Wildman–Crippen MR) is 75.9 cm³/mol. The van der Waals surface area contributed by atoms with Crippen LogP contribution >= 0.6 is 0 Å². The van der Waals surface area contributed by atoms with Crippen LogP contribution < -0.4 is 5.32 Å². The Morgan fingerprint density at radius 3 is 2.58 bits per heavy atom. The zero-order valence-corrected chi connectivity index (χ0v) is 11.5. The monoisotopic (exact) mass is 260 g/mol. The van der Waals surface area contributed by atoms with Gasteiger partial charge in [0.15, 0.2) is 0 Å². The van der Waals surface area contributed by atoms with Crippen molar-refractivity contribution in [2.45, 2.75) is 63.1 Å². The van der Waals surface area contributed by atoms with Crippen LogP contribution in [0.1, 0.15) is 44.2 Å². The molecule has 0 amide bonds. The van der Waals surface area contributed by atoms with Crippen LogP contribution in [0.3, 0.4) is 0 Å². The molecule has 0 aliphatic heterocycles. The van der Waals surface area contributed by atoms with Crippen molar-refractivity contribution in [1.82, 2.24) is 10.3 Å². The molecule has 0 bridgehead atoms. The normalized spacial score (nSPS) is 29.1. The van der Waals surface area contributed by atoms with Gasteiger partial charge in [-0.15, -0.1) is 0 Å². The number of aromatic nitrogens is 1. The van der Waals surface area contributed by atoms with E-state index in [2.05, 4.69) is 22.4 Å². The molecule has 2 fully saturated rings. The predicted octanol–water partition coefficient (Wildman–Crippen LogP) is 2.30. The molecule has 1 aromatic heterocycles. The van der Waals surface area contributed by atoms with Crippen molar-refractivity contribution in [2.75, 3.05) is 0 Å². The summed E-state index contributed by atoms with van der Waals surface area (Å²) in [7, 11) is 0. The molecular formula is C16H24N2O. The number of hydrogen-bond acceptors (Lipinski definition) is 3. The smallest absolute Gasteiger partial charge is 0.0541 e. The Balaban J connectivity index is 1.56. The fourth-order valence-electron chi connectivity index (χ4n) is 3.15. The van der Waals surface area contributed by atoms with Crippen molar-refractivity contribution in [1.29, 1.82) is 0 Å². The number of nitrogens with one attached hydrogen (secondary N) is 1. The van der Waals surface area contributed by atoms with E-state index in [-0.39, 0.29) is 6.10 Å². The van der Waals surface area contributed by atoms with Crippen LogP contribution in [0.15, 0.2) is 24.4 Å². The van der Waals surface area contributed by atoms with Gasteiger partial charge in [-0.2, -0.15) is 0 Å². The van der Waals surface area contributed by atoms with Crippen molar-refractivity contribution in [2.24, 2.45) is 5.92 Å². The summed E-state index contributed by atoms with van der Waals surface area (Å²) < 4.78 is 0. The van der Waals surface area contributed by atoms with Crippen LogP contribution in [0.4, 0.5) is 0 Å². The van der Waals surface area contributed by atoms with E-state index in [1.165, 1.54) is 18.5 Å². The SMILES string of the molecule is OC1CCC(NC(Cc2ccccn2)C2CC2)CC1. The molecule has 2 aliphatic carbocycles. The molecule has 104 valence electrons. The molecule has 0 radical (unpaired) electrons. The summed E-state index contributed by atoms with van der Waals surface area (Å²) in [6.07, 6.45) is 9.74. The molecule has 2 saturated carbocycles. The molecule has 3 nitrogen and oxygen atoms in total. The quantitative estimate of drug-likeness (QED) is 0.854. The van der Waals surface area contributed by atoms with Crippen LogP contribution in [-0.2, 0) is 6.42 Å². The number of nitrogens with zero attached hydrogens (tertiary/aromatic N) is 1. The van der Waals surface area contributed by atoms with Gasteiger partial charge in [0, 0.05) is 30.4 Å². The molecule has 2 aliphatic rings. The highest BCUT2D eigenvalue weighted by molar-refractivity contribution is 5.07. The number of aliphatic hydroxyl groups excluding tert-OH is 1. The molecule has 2 N–H and O–H groups in total. The Labute approximate surface area is 115 Å². The minimum absolute atomic E-state index is 0.0618. The second-order valence-electron chi connectivity index (χ2n) is 6.14. The zero-order chi connectivity index (χ0) is 13.1. The lowest BCUT2D eigenvalue weighted by Gasteiger charge is -2.30. The molecule has 0 aromatic carbocycles. The molecular weight excluding hydrogens is 236 g/mol. The molecule has 1 heterocycles. The average Bonchev–Trinajstić information content (AvgIpc) is 3.26. The highest BCUT2D eigenvalue weighted by Crippen LogP contribution is 2.35. The van der Waals surface area contributed by atoms with E-state index < -0.39 is 0 Å². The largest absolute Gasteiger partial charge is 0.393 e. The fourth-order valence-corrected chi connectivity index (χ4v) is 3.15. The molecule has 3 rings (SSSR count). The summed E-state index contributed by atoms with van der Waals surface area (Å²) >= 11 is 0. The Morgan fingerprint density at radius 2 is 1.95 bits per heavy atom. The Hall–Kier alpha value is -0.930. The van der Waals surface area contributed by atoms with Gasteiger partial charge in [0.05, 0.1) is 6.10 Å². The van der Waals surface area contributed by atoms with E-state index in [4.69, 9.17) is 0 Å². The van der Waals surface area contributed by atoms with E-state index in [9.17, 15) is 5.11 Å². The molecule has 0 spiro atoms. The highest BCUT2D eigenvalue weighted by Gasteiger charge is 2.33. The minimum Gasteiger partial charge on any atom is -0.393 e. The summed E-state index contributed by atoms with van der Waals surface area (Å²) in [6.45, 7) is 0. The van der Waals surface area contributed by atoms with E-state index in [0.717, 1.165) is 38.0 Å². The maximum absolute atomic E-state index is 9.58. The summed E-state index contributed by atoms with van der Waals surface area (Å²) in [5.41, 5.74) is 1.20. The van der Waals surface area contributed by atoms with Gasteiger partial charge in [-0.3, -0.25) is 4.98 Å². The lowest BCUT2D eigenvalue weighted by Crippen LogP contribution is -2.43. The second-order valence-corrected chi connectivity index (χ2v) is 6.14. The minimum atomic E-state index is -0.0618. The molecule has 19 heavy (non-hydrogen) atoms. The molecule has 1 atom stereocenters. The zero-order valence-electron chi connectivity index (χ0n) is 11.5. The first kappa shape index (κ1) is 13.1. The topological polar surface area (TPSA) is 45.1 Å². The van der Waals surface area contributed by atoms with Gasteiger partial charge in [0.25, 0.3) is 0 Å². The lowest BCUT2D eigenvalue weighted by atomic mass is 9.91. The van der Waals surface area contributed by atoms with E-state index in [1.54, 1.807) is 0 Å². The fraction of sp³-hybridized carbons (Fsp3) is 0.688. The maximum Gasteiger partial charge on any atom is 0.0541 e. The first-order chi connectivity index (χ1) is 9.31. The van der Waals surface area contributed by atoms with Gasteiger partial charge in [0.1, 0.15) is 0 Å². The van der Waals surface area contributed by atoms with Gasteiger partial charge in [-0.25, -0.2) is 0 Å². The van der Waals surface area contributed by atoms with Crippen LogP contribution in [0.25, 0.3) is 0 Å². The standard InChI is InChI=1S/C16H24N2O/c19-15-8-6-13(7-9-15)18-16(12-4-5-12)11-14-3-1-2-10-17-14/h1-3,10,12-13,15-16,18-19H,4-9,11H2. The summed E-state index contributed by atoms with van der Waals surface area (Å²) in [6, 6.07) is 7.35. The van der Waals surface area contributed by atoms with Crippen LogP contribution in [-0.4, -0.2) is 28.3 Å². The van der Waals surface area contributed by atoms with Crippen molar-refractivity contribution in [3.63, 3.8) is 0 Å². The molecule has 1 unspecified atom stereocenters. The third kappa shape index (κ3) is 3.77. The number of rotatable bonds is 5. The van der Waals surface area contributed by atoms with Crippen LogP contribution in [0, 0.1) is 5.92 Å². The molecule has 3 heteroatoms. The Bertz CT molecular complexity index is 383. The van der Waals surface area contributed by atoms with Gasteiger partial charge in [-0.05, 0) is 56.6 Å². The number of pyridine rings is 1. The van der Waals surface area contributed by atoms with Crippen molar-refractivity contribution >= 4 is 0 Å². The van der Waals surface area contributed by atoms with Crippen molar-refractivity contribution < 1.29 is 5.11 Å². The van der Waals surface area contributed by atoms with E-state index >= 15 is 0 Å². The van der Waals surface area contributed by atoms with Gasteiger partial charge >= 0.3 is 0 Å². The highest BCUT2D eigenvalue weighted by atomic mass is 16.3. The van der Waals surface area contributed by atoms with Crippen molar-refractivity contribution in [3.05, 3.63) is 30.1 Å². The van der Waals surface area contributed by atoms with Crippen molar-refractivity contribution in [3.8, 4) is 0 Å². The van der Waals surface area contributed by atoms with Gasteiger partial charge in [0.2, 0.25) is 0 Å². The van der Waals surface area contributed by atoms with Gasteiger partial charge in [-0.1, -0.05) is 6.07 Å². The first-order valence-electron chi connectivity index (χ1n) is 7.65. The average molecular weight is 260 g/mol. The third-order valence-corrected chi connectivity index (χ3v) is 4.49. The summed E-state index contributed by atoms with van der Waals surface area (Å²) in [5, 5.41) is 13.4. The Morgan fingerprint density at radius 1 is 1.16 bits per heavy atom. The third-order valence-electron chi connectivity index (χ3n) is 4.49. The van der Waals surface area contributed by atoms with E-state index in [0.29, 0.717) is 12.1 Å². The number of hydrogen-bond donors (Lipinski definition) is 2. The van der Waals surface area contributed by atoms with Crippen LogP contribution in [0.5, 0.6) is 0 Å². The lowest BCUT2D eigenvalue weighted by molar-refractivity contribution is 0.113. The molecule has 0 saturated heterocycles. The van der Waals surface area contributed by atoms with Crippen LogP contribution in [0.2, 0.25) is 0 Å².